The Balaban J connectivity index is 0.000000154. The number of nitrogens with zero attached hydrogens (tertiary/aromatic N) is 12. The smallest absolute Gasteiger partial charge is 0.301 e. The van der Waals surface area contributed by atoms with Crippen LogP contribution in [-0.2, 0) is 44.8 Å². The van der Waals surface area contributed by atoms with Crippen LogP contribution in [0.25, 0.3) is 33.5 Å². The number of carbonyl (C=O) groups is 3. The monoisotopic (exact) mass is 1480 g/mol. The zero-order valence-electron chi connectivity index (χ0n) is 52.5. The van der Waals surface area contributed by atoms with E-state index >= 15 is 0 Å². The summed E-state index contributed by atoms with van der Waals surface area (Å²) in [5.41, 5.74) is 0.842. The second-order valence-electron chi connectivity index (χ2n) is 22.4. The number of nitrogens with one attached hydrogen (secondary N) is 6. The van der Waals surface area contributed by atoms with Crippen LogP contribution in [0.2, 0.25) is 0 Å². The van der Waals surface area contributed by atoms with Crippen LogP contribution in [0.3, 0.4) is 0 Å². The van der Waals surface area contributed by atoms with Crippen molar-refractivity contribution < 1.29 is 118 Å². The number of halogens is 1. The number of hydrogen-bond acceptors (Lipinski definition) is 33. The fraction of sp³-hybridized carbons (Fsp3) is 0.357. The summed E-state index contributed by atoms with van der Waals surface area (Å²) >= 11 is 0. The summed E-state index contributed by atoms with van der Waals surface area (Å²) in [7, 11) is -10.4. The number of aliphatic hydroxyl groups is 6. The van der Waals surface area contributed by atoms with Gasteiger partial charge in [0.15, 0.2) is 52.2 Å². The molecular weight excluding hydrogens is 1420 g/mol. The molecular formula is C56H61FN18O24S3. The van der Waals surface area contributed by atoms with Crippen molar-refractivity contribution in [2.75, 3.05) is 33.9 Å². The lowest BCUT2D eigenvalue weighted by molar-refractivity contribution is -0.0330. The molecule has 0 spiro atoms. The highest BCUT2D eigenvalue weighted by atomic mass is 32.2. The predicted molar refractivity (Wildman–Crippen MR) is 338 cm³/mol. The highest BCUT2D eigenvalue weighted by Gasteiger charge is 2.48. The Morgan fingerprint density at radius 3 is 1.14 bits per heavy atom. The van der Waals surface area contributed by atoms with E-state index in [1.807, 2.05) is 4.72 Å². The van der Waals surface area contributed by atoms with Gasteiger partial charge in [-0.3, -0.25) is 28.1 Å². The second kappa shape index (κ2) is 30.2. The topological polar surface area (TPSA) is 594 Å². The quantitative estimate of drug-likeness (QED) is 0.0307. The minimum absolute atomic E-state index is 0.0807. The lowest BCUT2D eigenvalue weighted by Gasteiger charge is -2.16. The average Bonchev–Trinajstić information content (AvgIpc) is 1.63. The highest BCUT2D eigenvalue weighted by Crippen LogP contribution is 2.37. The first kappa shape index (κ1) is 73.1. The predicted octanol–water partition coefficient (Wildman–Crippen LogP) is -4.06. The summed E-state index contributed by atoms with van der Waals surface area (Å²) in [4.78, 5) is 73.2. The van der Waals surface area contributed by atoms with E-state index < -0.39 is 164 Å². The molecule has 3 aliphatic heterocycles. The lowest BCUT2D eigenvalue weighted by Crippen LogP contribution is -2.45. The van der Waals surface area contributed by atoms with Gasteiger partial charge in [0.25, 0.3) is 17.7 Å². The van der Waals surface area contributed by atoms with Gasteiger partial charge in [-0.1, -0.05) is 24.3 Å². The number of ether oxygens (including phenoxy) is 6. The van der Waals surface area contributed by atoms with Crippen molar-refractivity contribution in [1.82, 2.24) is 86.9 Å². The molecule has 544 valence electrons. The number of benzene rings is 3. The maximum absolute atomic E-state index is 13.1. The maximum atomic E-state index is 13.1. The molecule has 3 aromatic carbocycles. The SMILES string of the molecule is COc1ncnc2c1ncn2[C@@H]1O[C@H](CNS(=O)(=O)NC(=O)c2ccc(F)cc2O)[C@@H](O)[C@H]1O.COc1ncnc2c1ncn2[C@@H]1O[C@H](CNS(=O)(=O)NC(=O)c2ccccc2O)[C@@H](O)[C@H]1O.O=C(NS(=O)(=O)NC[C@H]1O[C@@H](n2cnc3c(OC4CC4)ncnc32)[C@H](O)[C@@H]1O)c1ccccc1O. The van der Waals surface area contributed by atoms with E-state index in [0.29, 0.717) is 28.6 Å². The largest absolute Gasteiger partial charge is 0.507 e. The van der Waals surface area contributed by atoms with Crippen molar-refractivity contribution in [1.29, 1.82) is 0 Å². The number of para-hydroxylation sites is 2. The Bertz CT molecular complexity index is 4940. The number of hydrogen-bond donors (Lipinski definition) is 15. The van der Waals surface area contributed by atoms with Gasteiger partial charge >= 0.3 is 30.6 Å². The molecule has 4 aliphatic rings. The molecule has 1 aliphatic carbocycles. The second-order valence-corrected chi connectivity index (χ2v) is 26.9. The fourth-order valence-electron chi connectivity index (χ4n) is 10.4. The van der Waals surface area contributed by atoms with Crippen LogP contribution in [0.15, 0.2) is 105 Å². The number of aliphatic hydroxyl groups excluding tert-OH is 6. The van der Waals surface area contributed by atoms with Gasteiger partial charge in [0.05, 0.1) is 49.9 Å². The van der Waals surface area contributed by atoms with Crippen LogP contribution >= 0.6 is 0 Å². The number of aromatic nitrogens is 12. The molecule has 42 nitrogen and oxygen atoms in total. The third-order valence-electron chi connectivity index (χ3n) is 15.6. The zero-order chi connectivity index (χ0) is 73.1. The summed E-state index contributed by atoms with van der Waals surface area (Å²) in [6.45, 7) is -1.46. The molecule has 15 N–H and O–H groups in total. The molecule has 9 heterocycles. The standard InChI is InChI=1S/C20H22N6O8S.C18H19FN6O8S.C18H20N6O8S/c27-12-4-2-1-3-11(12)18(30)25-35(31,32)24-7-13-15(28)16(29)20(34-13)26-9-23-14-17(26)21-8-22-19(14)33-10-5-6-10;1-32-17-12-15(20-6-21-17)25(7-22-12)18-14(28)13(27)11(33-18)5-23-34(30,31)24-16(29)9-3-2-8(19)4-10(9)26;1-31-17-12-15(19-7-20-17)24(8-21-12)18-14(27)13(26)11(32-18)6-22-33(29,30)23-16(28)9-4-2-3-5-10(9)25/h1-4,8-10,13,15-16,20,24,27-29H,5-7H2,(H,25,30);2-4,6-7,11,13-14,18,23,26-28H,5H2,1H3,(H,24,29);2-5,7-8,11,13-14,18,22,25-27H,6H2,1H3,(H,23,28)/t13-,15-,16-,20-;2*11-,13-,14-,18-/m111/s1. The molecule has 1 saturated carbocycles. The van der Waals surface area contributed by atoms with Gasteiger partial charge in [0.1, 0.15) is 103 Å². The maximum Gasteiger partial charge on any atom is 0.301 e. The van der Waals surface area contributed by atoms with Crippen molar-refractivity contribution in [2.24, 2.45) is 0 Å². The summed E-state index contributed by atoms with van der Waals surface area (Å²) in [5.74, 6) is -4.96. The molecule has 0 unspecified atom stereocenters. The van der Waals surface area contributed by atoms with E-state index in [4.69, 9.17) is 28.4 Å². The van der Waals surface area contributed by atoms with Gasteiger partial charge in [-0.15, -0.1) is 0 Å². The third kappa shape index (κ3) is 16.1. The Kier molecular flexibility index (Phi) is 21.6. The third-order valence-corrected chi connectivity index (χ3v) is 18.6. The Hall–Kier alpha value is -10.2. The van der Waals surface area contributed by atoms with Crippen molar-refractivity contribution in [3.8, 4) is 34.9 Å². The molecule has 3 amide bonds. The van der Waals surface area contributed by atoms with E-state index in [1.54, 1.807) is 14.2 Å². The molecule has 13 rings (SSSR count). The summed E-state index contributed by atoms with van der Waals surface area (Å²) < 4.78 is 135. The van der Waals surface area contributed by atoms with Gasteiger partial charge in [-0.25, -0.2) is 48.5 Å². The van der Waals surface area contributed by atoms with Crippen LogP contribution < -0.4 is 42.5 Å². The first-order valence-corrected chi connectivity index (χ1v) is 34.3. The minimum Gasteiger partial charge on any atom is -0.507 e. The highest BCUT2D eigenvalue weighted by molar-refractivity contribution is 7.88. The molecule has 0 radical (unpaired) electrons. The number of carbonyl (C=O) groups excluding carboxylic acids is 3. The molecule has 9 aromatic rings. The summed E-state index contributed by atoms with van der Waals surface area (Å²) in [6.07, 6.45) is -6.09. The molecule has 3 saturated heterocycles. The number of amides is 3. The molecule has 4 fully saturated rings. The van der Waals surface area contributed by atoms with Gasteiger partial charge in [0.2, 0.25) is 17.6 Å². The molecule has 46 heteroatoms. The van der Waals surface area contributed by atoms with E-state index in [-0.39, 0.29) is 51.6 Å². The van der Waals surface area contributed by atoms with E-state index in [9.17, 15) is 90.0 Å². The van der Waals surface area contributed by atoms with Crippen LogP contribution in [-0.4, -0.2) is 242 Å². The van der Waals surface area contributed by atoms with Crippen LogP contribution in [0.1, 0.15) is 62.6 Å². The Labute approximate surface area is 573 Å². The van der Waals surface area contributed by atoms with Crippen molar-refractivity contribution in [3.05, 3.63) is 127 Å². The van der Waals surface area contributed by atoms with Crippen LogP contribution in [0.5, 0.6) is 34.9 Å². The summed E-state index contributed by atoms with van der Waals surface area (Å²) in [5, 5.41) is 91.7. The lowest BCUT2D eigenvalue weighted by atomic mass is 10.1. The van der Waals surface area contributed by atoms with Gasteiger partial charge in [-0.05, 0) is 49.2 Å². The van der Waals surface area contributed by atoms with Gasteiger partial charge in [-0.2, -0.15) is 54.4 Å². The first-order chi connectivity index (χ1) is 48.6. The van der Waals surface area contributed by atoms with Gasteiger partial charge < -0.3 is 74.4 Å². The van der Waals surface area contributed by atoms with Crippen LogP contribution in [0.4, 0.5) is 4.39 Å². The fourth-order valence-corrected chi connectivity index (χ4v) is 12.8. The zero-order valence-corrected chi connectivity index (χ0v) is 54.9. The number of fused-ring (bicyclic) bond motifs is 3. The van der Waals surface area contributed by atoms with E-state index in [1.165, 1.54) is 114 Å². The molecule has 6 aromatic heterocycles. The van der Waals surface area contributed by atoms with Gasteiger partial charge in [0, 0.05) is 25.7 Å². The number of phenolic OH excluding ortho intramolecular Hbond substituents is 3. The normalized spacial score (nSPS) is 23.4. The van der Waals surface area contributed by atoms with Crippen molar-refractivity contribution in [3.63, 3.8) is 0 Å². The molecule has 102 heavy (non-hydrogen) atoms. The number of rotatable bonds is 22. The Morgan fingerprint density at radius 1 is 0.471 bits per heavy atom. The number of aromatic hydroxyl groups is 3. The van der Waals surface area contributed by atoms with Crippen molar-refractivity contribution >= 4 is 81.8 Å². The van der Waals surface area contributed by atoms with Crippen molar-refractivity contribution in [2.45, 2.75) is 92.6 Å². The number of imidazole rings is 3. The molecule has 0 bridgehead atoms. The number of methoxy groups -OCH3 is 2. The number of phenols is 3. The van der Waals surface area contributed by atoms with E-state index in [0.717, 1.165) is 25.0 Å². The Morgan fingerprint density at radius 2 is 0.804 bits per heavy atom. The van der Waals surface area contributed by atoms with Crippen LogP contribution in [0, 0.1) is 5.82 Å². The summed E-state index contributed by atoms with van der Waals surface area (Å²) in [6, 6.07) is 13.3. The minimum atomic E-state index is -4.48. The first-order valence-electron chi connectivity index (χ1n) is 29.9. The molecule has 12 atom stereocenters. The average molecular weight is 1490 g/mol. The van der Waals surface area contributed by atoms with E-state index in [2.05, 4.69) is 54.3 Å².